The maximum Gasteiger partial charge on any atom is 0.416 e. The standard InChI is InChI=1S/C27H21F4NO8/c1-3-38-25(34)23(26(35)39-4-2)17-7-5-6-8-18(17)24(33)19-14-16(10-11-21(19)32(36)37)40-22-12-9-15(13-20(22)28)27(29,30)31/h5-14,23H,3-4H2,1-2H3. The van der Waals surface area contributed by atoms with Crippen molar-refractivity contribution in [2.45, 2.75) is 25.9 Å². The average Bonchev–Trinajstić information content (AvgIpc) is 2.89. The molecule has 13 heteroatoms. The first kappa shape index (κ1) is 29.7. The van der Waals surface area contributed by atoms with Crippen LogP contribution in [0.5, 0.6) is 11.5 Å². The van der Waals surface area contributed by atoms with Crippen molar-refractivity contribution in [1.29, 1.82) is 0 Å². The lowest BCUT2D eigenvalue weighted by Crippen LogP contribution is -2.28. The molecule has 0 heterocycles. The number of nitrogens with zero attached hydrogens (tertiary/aromatic N) is 1. The molecule has 0 amide bonds. The number of ketones is 1. The molecule has 0 aromatic heterocycles. The van der Waals surface area contributed by atoms with E-state index in [1.165, 1.54) is 38.1 Å². The summed E-state index contributed by atoms with van der Waals surface area (Å²) in [6.07, 6.45) is -4.80. The molecule has 0 radical (unpaired) electrons. The molecule has 0 unspecified atom stereocenters. The molecule has 0 atom stereocenters. The summed E-state index contributed by atoms with van der Waals surface area (Å²) in [6.45, 7) is 2.84. The summed E-state index contributed by atoms with van der Waals surface area (Å²) in [5, 5.41) is 11.7. The van der Waals surface area contributed by atoms with Crippen LogP contribution in [0, 0.1) is 15.9 Å². The van der Waals surface area contributed by atoms with Crippen LogP contribution in [0.2, 0.25) is 0 Å². The Bertz CT molecular complexity index is 1440. The summed E-state index contributed by atoms with van der Waals surface area (Å²) >= 11 is 0. The Hall–Kier alpha value is -4.81. The van der Waals surface area contributed by atoms with Crippen molar-refractivity contribution in [2.24, 2.45) is 0 Å². The van der Waals surface area contributed by atoms with Gasteiger partial charge in [0.05, 0.1) is 23.7 Å². The zero-order valence-corrected chi connectivity index (χ0v) is 21.0. The van der Waals surface area contributed by atoms with E-state index in [1.807, 2.05) is 0 Å². The summed E-state index contributed by atoms with van der Waals surface area (Å²) in [4.78, 5) is 49.8. The molecule has 210 valence electrons. The molecule has 3 rings (SSSR count). The minimum Gasteiger partial charge on any atom is -0.465 e. The lowest BCUT2D eigenvalue weighted by atomic mass is 9.89. The number of halogens is 4. The quantitative estimate of drug-likeness (QED) is 0.0737. The summed E-state index contributed by atoms with van der Waals surface area (Å²) in [6, 6.07) is 9.68. The number of rotatable bonds is 10. The molecule has 0 aliphatic carbocycles. The molecule has 0 bridgehead atoms. The fourth-order valence-electron chi connectivity index (χ4n) is 3.71. The molecule has 0 N–H and O–H groups in total. The van der Waals surface area contributed by atoms with Crippen LogP contribution in [0.3, 0.4) is 0 Å². The molecule has 0 spiro atoms. The number of hydrogen-bond acceptors (Lipinski definition) is 8. The van der Waals surface area contributed by atoms with Gasteiger partial charge in [-0.25, -0.2) is 4.39 Å². The summed E-state index contributed by atoms with van der Waals surface area (Å²) in [5.41, 5.74) is -2.92. The fraction of sp³-hybridized carbons (Fsp3) is 0.222. The number of ether oxygens (including phenoxy) is 3. The predicted octanol–water partition coefficient (Wildman–Crippen LogP) is 5.99. The zero-order valence-electron chi connectivity index (χ0n) is 21.0. The second kappa shape index (κ2) is 12.4. The second-order valence-corrected chi connectivity index (χ2v) is 8.03. The van der Waals surface area contributed by atoms with Gasteiger partial charge < -0.3 is 14.2 Å². The van der Waals surface area contributed by atoms with Crippen LogP contribution in [0.1, 0.15) is 46.8 Å². The van der Waals surface area contributed by atoms with Crippen molar-refractivity contribution in [3.8, 4) is 11.5 Å². The van der Waals surface area contributed by atoms with Crippen LogP contribution in [0.4, 0.5) is 23.2 Å². The monoisotopic (exact) mass is 563 g/mol. The van der Waals surface area contributed by atoms with Gasteiger partial charge in [-0.05, 0) is 49.7 Å². The normalized spacial score (nSPS) is 11.2. The first-order valence-electron chi connectivity index (χ1n) is 11.7. The molecule has 40 heavy (non-hydrogen) atoms. The van der Waals surface area contributed by atoms with Gasteiger partial charge in [-0.15, -0.1) is 0 Å². The van der Waals surface area contributed by atoms with E-state index in [2.05, 4.69) is 0 Å². The van der Waals surface area contributed by atoms with E-state index in [-0.39, 0.29) is 36.2 Å². The Kier molecular flexibility index (Phi) is 9.19. The zero-order chi connectivity index (χ0) is 29.6. The van der Waals surface area contributed by atoms with E-state index < -0.39 is 63.1 Å². The van der Waals surface area contributed by atoms with Gasteiger partial charge in [0.25, 0.3) is 5.69 Å². The van der Waals surface area contributed by atoms with Gasteiger partial charge in [0, 0.05) is 11.6 Å². The Morgan fingerprint density at radius 2 is 1.52 bits per heavy atom. The highest BCUT2D eigenvalue weighted by atomic mass is 19.4. The average molecular weight is 563 g/mol. The number of benzene rings is 3. The van der Waals surface area contributed by atoms with Gasteiger partial charge >= 0.3 is 18.1 Å². The topological polar surface area (TPSA) is 122 Å². The van der Waals surface area contributed by atoms with Crippen molar-refractivity contribution in [3.05, 3.63) is 98.8 Å². The lowest BCUT2D eigenvalue weighted by molar-refractivity contribution is -0.385. The number of esters is 2. The van der Waals surface area contributed by atoms with E-state index >= 15 is 0 Å². The Labute approximate surface area is 224 Å². The van der Waals surface area contributed by atoms with Gasteiger partial charge in [-0.1, -0.05) is 24.3 Å². The van der Waals surface area contributed by atoms with E-state index in [9.17, 15) is 42.1 Å². The number of nitro groups is 1. The SMILES string of the molecule is CCOC(=O)C(C(=O)OCC)c1ccccc1C(=O)c1cc(Oc2ccc(C(F)(F)F)cc2F)ccc1[N+](=O)[O-]. The maximum absolute atomic E-state index is 14.3. The van der Waals surface area contributed by atoms with Crippen LogP contribution in [0.25, 0.3) is 0 Å². The highest BCUT2D eigenvalue weighted by Crippen LogP contribution is 2.35. The minimum atomic E-state index is -4.80. The van der Waals surface area contributed by atoms with E-state index in [4.69, 9.17) is 14.2 Å². The van der Waals surface area contributed by atoms with Gasteiger partial charge in [0.2, 0.25) is 0 Å². The van der Waals surface area contributed by atoms with Crippen LogP contribution in [0.15, 0.2) is 60.7 Å². The van der Waals surface area contributed by atoms with Crippen LogP contribution in [-0.4, -0.2) is 35.9 Å². The third-order valence-electron chi connectivity index (χ3n) is 5.46. The third-order valence-corrected chi connectivity index (χ3v) is 5.46. The second-order valence-electron chi connectivity index (χ2n) is 8.03. The maximum atomic E-state index is 14.3. The largest absolute Gasteiger partial charge is 0.465 e. The predicted molar refractivity (Wildman–Crippen MR) is 130 cm³/mol. The van der Waals surface area contributed by atoms with E-state index in [1.54, 1.807) is 0 Å². The highest BCUT2D eigenvalue weighted by molar-refractivity contribution is 6.14. The van der Waals surface area contributed by atoms with Gasteiger partial charge in [-0.2, -0.15) is 13.2 Å². The van der Waals surface area contributed by atoms with Crippen molar-refractivity contribution in [2.75, 3.05) is 13.2 Å². The minimum absolute atomic E-state index is 0.0871. The summed E-state index contributed by atoms with van der Waals surface area (Å²) in [7, 11) is 0. The molecule has 9 nitrogen and oxygen atoms in total. The fourth-order valence-corrected chi connectivity index (χ4v) is 3.71. The highest BCUT2D eigenvalue weighted by Gasteiger charge is 2.36. The van der Waals surface area contributed by atoms with Gasteiger partial charge in [0.1, 0.15) is 11.3 Å². The molecule has 3 aromatic carbocycles. The number of nitro benzene ring substituents is 1. The van der Waals surface area contributed by atoms with Crippen LogP contribution >= 0.6 is 0 Å². The van der Waals surface area contributed by atoms with E-state index in [0.29, 0.717) is 6.07 Å². The van der Waals surface area contributed by atoms with Crippen LogP contribution < -0.4 is 4.74 Å². The van der Waals surface area contributed by atoms with E-state index in [0.717, 1.165) is 24.3 Å². The van der Waals surface area contributed by atoms with Crippen molar-refractivity contribution >= 4 is 23.4 Å². The number of carbonyl (C=O) groups excluding carboxylic acids is 3. The third kappa shape index (κ3) is 6.60. The first-order chi connectivity index (χ1) is 18.9. The Balaban J connectivity index is 2.09. The smallest absolute Gasteiger partial charge is 0.416 e. The van der Waals surface area contributed by atoms with Crippen molar-refractivity contribution in [3.63, 3.8) is 0 Å². The Morgan fingerprint density at radius 3 is 2.08 bits per heavy atom. The number of hydrogen-bond donors (Lipinski definition) is 0. The molecule has 0 aliphatic rings. The lowest BCUT2D eigenvalue weighted by Gasteiger charge is -2.18. The summed E-state index contributed by atoms with van der Waals surface area (Å²) in [5.74, 6) is -7.00. The van der Waals surface area contributed by atoms with Crippen molar-refractivity contribution < 1.29 is 51.1 Å². The summed E-state index contributed by atoms with van der Waals surface area (Å²) < 4.78 is 68.1. The molecule has 0 aliphatic heterocycles. The molecule has 0 saturated heterocycles. The van der Waals surface area contributed by atoms with Gasteiger partial charge in [0.15, 0.2) is 23.3 Å². The molecule has 0 fully saturated rings. The molecular formula is C27H21F4NO8. The first-order valence-corrected chi connectivity index (χ1v) is 11.7. The number of alkyl halides is 3. The molecule has 0 saturated carbocycles. The van der Waals surface area contributed by atoms with Crippen LogP contribution in [-0.2, 0) is 25.2 Å². The number of carbonyl (C=O) groups is 3. The van der Waals surface area contributed by atoms with Crippen molar-refractivity contribution in [1.82, 2.24) is 0 Å². The molecule has 3 aromatic rings. The Morgan fingerprint density at radius 1 is 0.900 bits per heavy atom. The molecular weight excluding hydrogens is 542 g/mol. The van der Waals surface area contributed by atoms with Gasteiger partial charge in [-0.3, -0.25) is 24.5 Å².